The van der Waals surface area contributed by atoms with E-state index in [1.807, 2.05) is 24.3 Å². The van der Waals surface area contributed by atoms with Crippen LogP contribution in [0.15, 0.2) is 24.3 Å². The number of aryl methyl sites for hydroxylation is 1. The van der Waals surface area contributed by atoms with Gasteiger partial charge in [-0.2, -0.15) is 0 Å². The molecule has 0 radical (unpaired) electrons. The Morgan fingerprint density at radius 3 is 2.55 bits per heavy atom. The fraction of sp³-hybridized carbons (Fsp3) is 0.588. The van der Waals surface area contributed by atoms with E-state index in [-0.39, 0.29) is 12.6 Å². The minimum absolute atomic E-state index is 0.273. The quantitative estimate of drug-likeness (QED) is 0.755. The molecule has 1 aromatic carbocycles. The number of aliphatic hydroxyl groups excluding tert-OH is 1. The predicted molar refractivity (Wildman–Crippen MR) is 89.1 cm³/mol. The molecule has 1 atom stereocenters. The van der Waals surface area contributed by atoms with Gasteiger partial charge in [-0.3, -0.25) is 0 Å². The number of anilines is 1. The molecule has 5 nitrogen and oxygen atoms in total. The Bertz CT molecular complexity index is 455. The van der Waals surface area contributed by atoms with Crippen LogP contribution in [0.1, 0.15) is 31.7 Å². The number of rotatable bonds is 6. The van der Waals surface area contributed by atoms with Crippen LogP contribution >= 0.6 is 0 Å². The highest BCUT2D eigenvalue weighted by Crippen LogP contribution is 2.10. The van der Waals surface area contributed by atoms with E-state index < -0.39 is 6.10 Å². The molecule has 0 saturated carbocycles. The Kier molecular flexibility index (Phi) is 6.68. The molecule has 0 aromatic heterocycles. The maximum atomic E-state index is 11.8. The highest BCUT2D eigenvalue weighted by Gasteiger charge is 2.15. The molecule has 0 aliphatic carbocycles. The third-order valence-corrected chi connectivity index (χ3v) is 4.04. The second-order valence-corrected chi connectivity index (χ2v) is 5.90. The van der Waals surface area contributed by atoms with Gasteiger partial charge in [0.2, 0.25) is 0 Å². The summed E-state index contributed by atoms with van der Waals surface area (Å²) < 4.78 is 0. The third kappa shape index (κ3) is 5.66. The lowest BCUT2D eigenvalue weighted by atomic mass is 10.1. The van der Waals surface area contributed by atoms with Crippen molar-refractivity contribution in [1.29, 1.82) is 0 Å². The van der Waals surface area contributed by atoms with Crippen molar-refractivity contribution >= 4 is 11.7 Å². The van der Waals surface area contributed by atoms with E-state index in [1.165, 1.54) is 24.8 Å². The molecule has 1 aromatic rings. The van der Waals surface area contributed by atoms with Crippen LogP contribution in [0.25, 0.3) is 0 Å². The normalized spacial score (nSPS) is 17.0. The number of carbonyl (C=O) groups excluding carboxylic acids is 1. The molecule has 22 heavy (non-hydrogen) atoms. The maximum absolute atomic E-state index is 11.8. The summed E-state index contributed by atoms with van der Waals surface area (Å²) >= 11 is 0. The summed E-state index contributed by atoms with van der Waals surface area (Å²) in [5.74, 6) is 0. The van der Waals surface area contributed by atoms with Gasteiger partial charge in [0.25, 0.3) is 0 Å². The lowest BCUT2D eigenvalue weighted by Gasteiger charge is -2.28. The van der Waals surface area contributed by atoms with Gasteiger partial charge in [-0.25, -0.2) is 4.79 Å². The van der Waals surface area contributed by atoms with Crippen LogP contribution in [0.3, 0.4) is 0 Å². The lowest BCUT2D eigenvalue weighted by molar-refractivity contribution is 0.102. The van der Waals surface area contributed by atoms with Crippen LogP contribution in [0.4, 0.5) is 10.5 Å². The molecule has 1 aliphatic rings. The van der Waals surface area contributed by atoms with Crippen LogP contribution < -0.4 is 10.6 Å². The summed E-state index contributed by atoms with van der Waals surface area (Å²) in [4.78, 5) is 14.1. The number of likely N-dealkylation sites (tertiary alicyclic amines) is 1. The molecule has 1 heterocycles. The Hall–Kier alpha value is -1.59. The summed E-state index contributed by atoms with van der Waals surface area (Å²) in [5.41, 5.74) is 2.00. The summed E-state index contributed by atoms with van der Waals surface area (Å²) in [7, 11) is 0. The Balaban J connectivity index is 1.67. The van der Waals surface area contributed by atoms with Gasteiger partial charge in [0, 0.05) is 18.8 Å². The van der Waals surface area contributed by atoms with Gasteiger partial charge in [-0.15, -0.1) is 0 Å². The fourth-order valence-electron chi connectivity index (χ4n) is 2.71. The molecule has 3 N–H and O–H groups in total. The number of urea groups is 1. The number of amides is 2. The molecule has 1 fully saturated rings. The van der Waals surface area contributed by atoms with Crippen molar-refractivity contribution in [2.75, 3.05) is 31.5 Å². The number of nitrogens with zero attached hydrogens (tertiary/aromatic N) is 1. The van der Waals surface area contributed by atoms with Gasteiger partial charge >= 0.3 is 6.03 Å². The molecular weight excluding hydrogens is 278 g/mol. The zero-order valence-corrected chi connectivity index (χ0v) is 13.3. The number of hydrogen-bond acceptors (Lipinski definition) is 3. The summed E-state index contributed by atoms with van der Waals surface area (Å²) in [6.45, 7) is 5.10. The monoisotopic (exact) mass is 305 g/mol. The first-order chi connectivity index (χ1) is 10.7. The molecule has 122 valence electrons. The minimum atomic E-state index is -0.522. The van der Waals surface area contributed by atoms with E-state index in [2.05, 4.69) is 22.5 Å². The number of benzene rings is 1. The first-order valence-corrected chi connectivity index (χ1v) is 8.21. The van der Waals surface area contributed by atoms with Crippen LogP contribution in [-0.2, 0) is 6.42 Å². The smallest absolute Gasteiger partial charge is 0.319 e. The Morgan fingerprint density at radius 1 is 1.23 bits per heavy atom. The molecule has 2 rings (SSSR count). The van der Waals surface area contributed by atoms with Crippen molar-refractivity contribution in [3.8, 4) is 0 Å². The van der Waals surface area contributed by atoms with Crippen molar-refractivity contribution < 1.29 is 9.90 Å². The topological polar surface area (TPSA) is 64.6 Å². The third-order valence-electron chi connectivity index (χ3n) is 4.04. The van der Waals surface area contributed by atoms with Gasteiger partial charge in [-0.05, 0) is 50.0 Å². The van der Waals surface area contributed by atoms with Gasteiger partial charge in [0.15, 0.2) is 0 Å². The van der Waals surface area contributed by atoms with Gasteiger partial charge in [-0.1, -0.05) is 25.5 Å². The fourth-order valence-corrected chi connectivity index (χ4v) is 2.71. The molecular formula is C17H27N3O2. The van der Waals surface area contributed by atoms with Crippen LogP contribution in [-0.4, -0.2) is 48.3 Å². The van der Waals surface area contributed by atoms with E-state index in [9.17, 15) is 9.90 Å². The van der Waals surface area contributed by atoms with Crippen molar-refractivity contribution in [3.05, 3.63) is 29.8 Å². The Labute approximate surface area is 132 Å². The predicted octanol–water partition coefficient (Wildman–Crippen LogP) is 2.22. The molecule has 2 amide bonds. The first kappa shape index (κ1) is 16.8. The van der Waals surface area contributed by atoms with Crippen molar-refractivity contribution in [2.45, 2.75) is 38.7 Å². The second kappa shape index (κ2) is 8.76. The number of nitrogens with one attached hydrogen (secondary N) is 2. The molecule has 0 spiro atoms. The SMILES string of the molecule is CCc1ccc(NC(=O)NC[C@H](O)CN2CCCCC2)cc1. The summed E-state index contributed by atoms with van der Waals surface area (Å²) in [5, 5.41) is 15.5. The van der Waals surface area contributed by atoms with Gasteiger partial charge in [0.1, 0.15) is 0 Å². The average molecular weight is 305 g/mol. The highest BCUT2D eigenvalue weighted by molar-refractivity contribution is 5.89. The number of hydrogen-bond donors (Lipinski definition) is 3. The van der Waals surface area contributed by atoms with Crippen molar-refractivity contribution in [1.82, 2.24) is 10.2 Å². The van der Waals surface area contributed by atoms with Crippen LogP contribution in [0.5, 0.6) is 0 Å². The van der Waals surface area contributed by atoms with E-state index in [0.29, 0.717) is 6.54 Å². The lowest BCUT2D eigenvalue weighted by Crippen LogP contribution is -2.42. The zero-order valence-electron chi connectivity index (χ0n) is 13.3. The molecule has 1 aliphatic heterocycles. The number of piperidine rings is 1. The van der Waals surface area contributed by atoms with E-state index in [4.69, 9.17) is 0 Å². The second-order valence-electron chi connectivity index (χ2n) is 5.90. The van der Waals surface area contributed by atoms with Gasteiger partial charge < -0.3 is 20.6 Å². The standard InChI is InChI=1S/C17H27N3O2/c1-2-14-6-8-15(9-7-14)19-17(22)18-12-16(21)13-20-10-4-3-5-11-20/h6-9,16,21H,2-5,10-13H2,1H3,(H2,18,19,22)/t16-/m0/s1. The van der Waals surface area contributed by atoms with Gasteiger partial charge in [0.05, 0.1) is 6.10 Å². The van der Waals surface area contributed by atoms with E-state index in [0.717, 1.165) is 25.2 Å². The summed E-state index contributed by atoms with van der Waals surface area (Å²) in [6, 6.07) is 7.51. The largest absolute Gasteiger partial charge is 0.390 e. The molecule has 0 unspecified atom stereocenters. The number of β-amino-alcohol motifs (C(OH)–C–C–N with tert-alkyl or cyclic N) is 1. The van der Waals surface area contributed by atoms with Crippen LogP contribution in [0, 0.1) is 0 Å². The molecule has 1 saturated heterocycles. The summed E-state index contributed by atoms with van der Waals surface area (Å²) in [6.07, 6.45) is 4.15. The maximum Gasteiger partial charge on any atom is 0.319 e. The van der Waals surface area contributed by atoms with Crippen LogP contribution in [0.2, 0.25) is 0 Å². The van der Waals surface area contributed by atoms with E-state index >= 15 is 0 Å². The minimum Gasteiger partial charge on any atom is -0.390 e. The zero-order chi connectivity index (χ0) is 15.8. The molecule has 0 bridgehead atoms. The Morgan fingerprint density at radius 2 is 1.91 bits per heavy atom. The number of aliphatic hydroxyl groups is 1. The van der Waals surface area contributed by atoms with Crippen molar-refractivity contribution in [2.24, 2.45) is 0 Å². The first-order valence-electron chi connectivity index (χ1n) is 8.21. The highest BCUT2D eigenvalue weighted by atomic mass is 16.3. The van der Waals surface area contributed by atoms with E-state index in [1.54, 1.807) is 0 Å². The average Bonchev–Trinajstić information content (AvgIpc) is 2.55. The van der Waals surface area contributed by atoms with Crippen molar-refractivity contribution in [3.63, 3.8) is 0 Å². The number of carbonyl (C=O) groups is 1. The molecule has 5 heteroatoms.